The molecule has 3 aromatic heterocycles. The predicted molar refractivity (Wildman–Crippen MR) is 184 cm³/mol. The monoisotopic (exact) mass is 574 g/mol. The summed E-state index contributed by atoms with van der Waals surface area (Å²) in [4.78, 5) is 10.1. The van der Waals surface area contributed by atoms with Crippen molar-refractivity contribution in [2.75, 3.05) is 0 Å². The Bertz CT molecular complexity index is 2620. The Morgan fingerprint density at radius 1 is 0.489 bits per heavy atom. The molecule has 0 radical (unpaired) electrons. The van der Waals surface area contributed by atoms with Crippen molar-refractivity contribution in [2.24, 2.45) is 0 Å². The number of hydrogen-bond acceptors (Lipinski definition) is 2. The fourth-order valence-corrected chi connectivity index (χ4v) is 7.36. The van der Waals surface area contributed by atoms with Crippen LogP contribution in [0.4, 0.5) is 0 Å². The summed E-state index contributed by atoms with van der Waals surface area (Å²) in [5.41, 5.74) is 12.8. The number of aromatic nitrogens is 4. The molecule has 210 valence electrons. The number of hydrogen-bond donors (Lipinski definition) is 0. The van der Waals surface area contributed by atoms with E-state index >= 15 is 0 Å². The summed E-state index contributed by atoms with van der Waals surface area (Å²) < 4.78 is 4.64. The highest BCUT2D eigenvalue weighted by atomic mass is 15.1. The minimum absolute atomic E-state index is 0.815. The smallest absolute Gasteiger partial charge is 0.156 e. The Balaban J connectivity index is 1.16. The molecule has 0 spiro atoms. The van der Waals surface area contributed by atoms with Crippen molar-refractivity contribution >= 4 is 43.6 Å². The third-order valence-electron chi connectivity index (χ3n) is 9.39. The van der Waals surface area contributed by atoms with E-state index in [1.54, 1.807) is 0 Å². The van der Waals surface area contributed by atoms with Gasteiger partial charge in [-0.15, -0.1) is 0 Å². The molecule has 6 aromatic carbocycles. The summed E-state index contributed by atoms with van der Waals surface area (Å²) in [5.74, 6) is 0.856. The van der Waals surface area contributed by atoms with Gasteiger partial charge in [-0.25, -0.2) is 4.98 Å². The molecule has 0 amide bonds. The van der Waals surface area contributed by atoms with Crippen LogP contribution in [-0.2, 0) is 6.42 Å². The summed E-state index contributed by atoms with van der Waals surface area (Å²) in [6.07, 6.45) is 2.74. The summed E-state index contributed by atoms with van der Waals surface area (Å²) in [6, 6.07) is 50.1. The van der Waals surface area contributed by atoms with Crippen LogP contribution in [0.25, 0.3) is 77.5 Å². The van der Waals surface area contributed by atoms with E-state index in [0.717, 1.165) is 40.3 Å². The molecule has 0 saturated heterocycles. The van der Waals surface area contributed by atoms with Crippen LogP contribution in [0, 0.1) is 0 Å². The third-order valence-corrected chi connectivity index (χ3v) is 9.39. The first-order valence-corrected chi connectivity index (χ1v) is 15.4. The quantitative estimate of drug-likeness (QED) is 0.211. The number of rotatable bonds is 3. The fraction of sp³-hybridized carbons (Fsp3) is 0.0244. The van der Waals surface area contributed by atoms with Crippen LogP contribution in [0.3, 0.4) is 0 Å². The van der Waals surface area contributed by atoms with E-state index in [2.05, 4.69) is 149 Å². The minimum atomic E-state index is 0.815. The van der Waals surface area contributed by atoms with E-state index in [9.17, 15) is 0 Å². The van der Waals surface area contributed by atoms with Crippen molar-refractivity contribution in [3.05, 3.63) is 157 Å². The van der Waals surface area contributed by atoms with Crippen LogP contribution in [0.1, 0.15) is 11.3 Å². The van der Waals surface area contributed by atoms with Gasteiger partial charge >= 0.3 is 0 Å². The van der Waals surface area contributed by atoms with Gasteiger partial charge < -0.3 is 4.57 Å². The summed E-state index contributed by atoms with van der Waals surface area (Å²) in [6.45, 7) is 0. The van der Waals surface area contributed by atoms with E-state index in [1.165, 1.54) is 54.8 Å². The number of benzene rings is 6. The Morgan fingerprint density at radius 3 is 2.00 bits per heavy atom. The van der Waals surface area contributed by atoms with Gasteiger partial charge in [0.15, 0.2) is 5.82 Å². The fourth-order valence-electron chi connectivity index (χ4n) is 7.36. The molecule has 0 atom stereocenters. The van der Waals surface area contributed by atoms with Crippen LogP contribution >= 0.6 is 0 Å². The second-order valence-electron chi connectivity index (χ2n) is 11.9. The van der Waals surface area contributed by atoms with Crippen molar-refractivity contribution in [3.63, 3.8) is 0 Å². The highest BCUT2D eigenvalue weighted by Crippen LogP contribution is 2.39. The zero-order valence-corrected chi connectivity index (χ0v) is 24.4. The Kier molecular flexibility index (Phi) is 5.02. The topological polar surface area (TPSA) is 35.6 Å². The molecule has 4 nitrogen and oxygen atoms in total. The molecule has 0 N–H and O–H groups in total. The lowest BCUT2D eigenvalue weighted by Gasteiger charge is -2.10. The molecule has 0 unspecified atom stereocenters. The Hall–Kier alpha value is -6.00. The van der Waals surface area contributed by atoms with Crippen LogP contribution in [0.5, 0.6) is 0 Å². The number of para-hydroxylation sites is 3. The van der Waals surface area contributed by atoms with Crippen molar-refractivity contribution in [1.82, 2.24) is 19.1 Å². The van der Waals surface area contributed by atoms with Crippen LogP contribution in [0.15, 0.2) is 146 Å². The van der Waals surface area contributed by atoms with Gasteiger partial charge in [-0.3, -0.25) is 9.55 Å². The van der Waals surface area contributed by atoms with E-state index in [-0.39, 0.29) is 0 Å². The van der Waals surface area contributed by atoms with E-state index in [0.29, 0.717) is 0 Å². The lowest BCUT2D eigenvalue weighted by atomic mass is 10.0. The van der Waals surface area contributed by atoms with Crippen molar-refractivity contribution < 1.29 is 0 Å². The first-order chi connectivity index (χ1) is 22.3. The molecule has 10 rings (SSSR count). The standard InChI is InChI=1S/C41H26N4/c1-2-11-29(12-3-1)44-36-16-8-6-14-31(36)33-20-18-27(24-39(33)44)26-19-21-38-34(22-26)32-15-7-9-17-37(32)45(38)40-25-42-41-30-13-5-4-10-28(30)23-35(41)43-40/h1-22,24-25H,23H2. The zero-order chi connectivity index (χ0) is 29.5. The molecule has 0 aliphatic heterocycles. The lowest BCUT2D eigenvalue weighted by molar-refractivity contribution is 0.995. The maximum absolute atomic E-state index is 5.18. The third kappa shape index (κ3) is 3.54. The minimum Gasteiger partial charge on any atom is -0.309 e. The molecule has 3 heterocycles. The summed E-state index contributed by atoms with van der Waals surface area (Å²) in [5, 5.41) is 4.94. The van der Waals surface area contributed by atoms with Gasteiger partial charge in [-0.1, -0.05) is 97.1 Å². The average Bonchev–Trinajstić information content (AvgIpc) is 3.75. The second kappa shape index (κ2) is 9.25. The average molecular weight is 575 g/mol. The maximum atomic E-state index is 5.18. The molecular weight excluding hydrogens is 548 g/mol. The first-order valence-electron chi connectivity index (χ1n) is 15.4. The van der Waals surface area contributed by atoms with E-state index < -0.39 is 0 Å². The number of nitrogens with zero attached hydrogens (tertiary/aromatic N) is 4. The molecule has 1 aliphatic rings. The largest absolute Gasteiger partial charge is 0.309 e. The van der Waals surface area contributed by atoms with Gasteiger partial charge in [-0.2, -0.15) is 0 Å². The predicted octanol–water partition coefficient (Wildman–Crippen LogP) is 9.91. The van der Waals surface area contributed by atoms with E-state index in [1.807, 2.05) is 6.20 Å². The highest BCUT2D eigenvalue weighted by molar-refractivity contribution is 6.12. The maximum Gasteiger partial charge on any atom is 0.156 e. The Labute approximate surface area is 259 Å². The summed E-state index contributed by atoms with van der Waals surface area (Å²) >= 11 is 0. The molecule has 9 aromatic rings. The van der Waals surface area contributed by atoms with Gasteiger partial charge in [0.05, 0.1) is 39.7 Å². The molecule has 4 heteroatoms. The molecular formula is C41H26N4. The number of fused-ring (bicyclic) bond motifs is 9. The van der Waals surface area contributed by atoms with Crippen LogP contribution < -0.4 is 0 Å². The Morgan fingerprint density at radius 2 is 1.13 bits per heavy atom. The van der Waals surface area contributed by atoms with Gasteiger partial charge in [0.25, 0.3) is 0 Å². The molecule has 45 heavy (non-hydrogen) atoms. The molecule has 0 bridgehead atoms. The van der Waals surface area contributed by atoms with Crippen molar-refractivity contribution in [2.45, 2.75) is 6.42 Å². The van der Waals surface area contributed by atoms with Gasteiger partial charge in [-0.05, 0) is 59.2 Å². The molecule has 0 fully saturated rings. The van der Waals surface area contributed by atoms with E-state index in [4.69, 9.17) is 9.97 Å². The van der Waals surface area contributed by atoms with Gasteiger partial charge in [0, 0.05) is 39.2 Å². The van der Waals surface area contributed by atoms with Crippen LogP contribution in [0.2, 0.25) is 0 Å². The van der Waals surface area contributed by atoms with Gasteiger partial charge in [0.1, 0.15) is 0 Å². The van der Waals surface area contributed by atoms with Crippen LogP contribution in [-0.4, -0.2) is 19.1 Å². The SMILES string of the molecule is c1ccc(-n2c3ccccc3c3ccc(-c4ccc5c(c4)c4ccccc4n5-c4cnc5c(n4)Cc4ccccc4-5)cc32)cc1. The normalized spacial score (nSPS) is 12.4. The lowest BCUT2D eigenvalue weighted by Crippen LogP contribution is -2.01. The summed E-state index contributed by atoms with van der Waals surface area (Å²) in [7, 11) is 0. The van der Waals surface area contributed by atoms with Crippen molar-refractivity contribution in [3.8, 4) is 33.9 Å². The first kappa shape index (κ1) is 24.4. The molecule has 1 aliphatic carbocycles. The zero-order valence-electron chi connectivity index (χ0n) is 24.4. The van der Waals surface area contributed by atoms with Gasteiger partial charge in [0.2, 0.25) is 0 Å². The second-order valence-corrected chi connectivity index (χ2v) is 11.9. The molecule has 0 saturated carbocycles. The highest BCUT2D eigenvalue weighted by Gasteiger charge is 2.23. The van der Waals surface area contributed by atoms with Crippen molar-refractivity contribution in [1.29, 1.82) is 0 Å².